The summed E-state index contributed by atoms with van der Waals surface area (Å²) in [7, 11) is 1.72. The maximum atomic E-state index is 5.22. The Balaban J connectivity index is 1.59. The molecule has 1 atom stereocenters. The molecule has 0 aromatic heterocycles. The summed E-state index contributed by atoms with van der Waals surface area (Å²) in [6.07, 6.45) is 1.11. The summed E-state index contributed by atoms with van der Waals surface area (Å²) < 4.78 is 5.22. The Kier molecular flexibility index (Phi) is 7.31. The van der Waals surface area contributed by atoms with Gasteiger partial charge in [0.15, 0.2) is 5.96 Å². The number of guanidine groups is 1. The van der Waals surface area contributed by atoms with Crippen LogP contribution >= 0.6 is 0 Å². The molecule has 0 aliphatic carbocycles. The SMILES string of the molecule is CCNC(=NCc1cccc(COC)c1)NC1CCN(c2ccc(C)cc2)C1. The number of hydrogen-bond acceptors (Lipinski definition) is 3. The largest absolute Gasteiger partial charge is 0.380 e. The normalized spacial score (nSPS) is 17.0. The summed E-state index contributed by atoms with van der Waals surface area (Å²) in [5.74, 6) is 0.885. The number of hydrogen-bond donors (Lipinski definition) is 2. The highest BCUT2D eigenvalue weighted by atomic mass is 16.5. The van der Waals surface area contributed by atoms with E-state index >= 15 is 0 Å². The summed E-state index contributed by atoms with van der Waals surface area (Å²) in [6, 6.07) is 17.6. The van der Waals surface area contributed by atoms with Gasteiger partial charge in [0.25, 0.3) is 0 Å². The molecule has 2 aromatic rings. The third-order valence-corrected chi connectivity index (χ3v) is 4.99. The van der Waals surface area contributed by atoms with E-state index in [0.717, 1.165) is 32.0 Å². The van der Waals surface area contributed by atoms with Gasteiger partial charge in [-0.2, -0.15) is 0 Å². The van der Waals surface area contributed by atoms with Gasteiger partial charge in [-0.1, -0.05) is 42.0 Å². The second-order valence-electron chi connectivity index (χ2n) is 7.36. The molecule has 0 saturated carbocycles. The molecule has 1 unspecified atom stereocenters. The number of aryl methyl sites for hydroxylation is 1. The zero-order chi connectivity index (χ0) is 19.8. The second kappa shape index (κ2) is 10.1. The minimum absolute atomic E-state index is 0.402. The summed E-state index contributed by atoms with van der Waals surface area (Å²) in [5, 5.41) is 6.99. The van der Waals surface area contributed by atoms with Gasteiger partial charge >= 0.3 is 0 Å². The molecule has 2 aromatic carbocycles. The molecule has 28 heavy (non-hydrogen) atoms. The third kappa shape index (κ3) is 5.73. The molecule has 5 heteroatoms. The highest BCUT2D eigenvalue weighted by molar-refractivity contribution is 5.80. The Morgan fingerprint density at radius 2 is 1.96 bits per heavy atom. The van der Waals surface area contributed by atoms with Crippen LogP contribution in [-0.2, 0) is 17.9 Å². The van der Waals surface area contributed by atoms with Crippen molar-refractivity contribution in [3.05, 3.63) is 65.2 Å². The molecular weight excluding hydrogens is 348 g/mol. The Labute approximate surface area is 168 Å². The second-order valence-corrected chi connectivity index (χ2v) is 7.36. The average Bonchev–Trinajstić information content (AvgIpc) is 3.16. The van der Waals surface area contributed by atoms with E-state index in [4.69, 9.17) is 9.73 Å². The molecule has 1 aliphatic rings. The lowest BCUT2D eigenvalue weighted by molar-refractivity contribution is 0.185. The molecule has 1 aliphatic heterocycles. The van der Waals surface area contributed by atoms with E-state index in [9.17, 15) is 0 Å². The van der Waals surface area contributed by atoms with E-state index in [0.29, 0.717) is 19.2 Å². The van der Waals surface area contributed by atoms with Gasteiger partial charge in [0.1, 0.15) is 0 Å². The Morgan fingerprint density at radius 3 is 2.71 bits per heavy atom. The van der Waals surface area contributed by atoms with Crippen LogP contribution in [0, 0.1) is 6.92 Å². The van der Waals surface area contributed by atoms with Gasteiger partial charge in [0, 0.05) is 38.5 Å². The first-order valence-electron chi connectivity index (χ1n) is 10.1. The van der Waals surface area contributed by atoms with Gasteiger partial charge in [-0.15, -0.1) is 0 Å². The summed E-state index contributed by atoms with van der Waals surface area (Å²) in [5.41, 5.74) is 4.97. The van der Waals surface area contributed by atoms with Gasteiger partial charge in [-0.05, 0) is 43.5 Å². The summed E-state index contributed by atoms with van der Waals surface area (Å²) >= 11 is 0. The number of methoxy groups -OCH3 is 1. The van der Waals surface area contributed by atoms with E-state index < -0.39 is 0 Å². The quantitative estimate of drug-likeness (QED) is 0.570. The van der Waals surface area contributed by atoms with Gasteiger partial charge in [0.2, 0.25) is 0 Å². The fourth-order valence-corrected chi connectivity index (χ4v) is 3.54. The molecule has 1 fully saturated rings. The third-order valence-electron chi connectivity index (χ3n) is 4.99. The first kappa shape index (κ1) is 20.2. The number of nitrogens with one attached hydrogen (secondary N) is 2. The monoisotopic (exact) mass is 380 g/mol. The minimum Gasteiger partial charge on any atom is -0.380 e. The first-order valence-corrected chi connectivity index (χ1v) is 10.1. The molecule has 150 valence electrons. The lowest BCUT2D eigenvalue weighted by Crippen LogP contribution is -2.44. The molecule has 3 rings (SSSR count). The van der Waals surface area contributed by atoms with Crippen molar-refractivity contribution in [2.45, 2.75) is 39.5 Å². The fourth-order valence-electron chi connectivity index (χ4n) is 3.54. The van der Waals surface area contributed by atoms with E-state index in [2.05, 4.69) is 77.9 Å². The molecule has 1 saturated heterocycles. The molecule has 2 N–H and O–H groups in total. The van der Waals surface area contributed by atoms with Gasteiger partial charge < -0.3 is 20.3 Å². The van der Waals surface area contributed by atoms with Gasteiger partial charge in [-0.3, -0.25) is 0 Å². The van der Waals surface area contributed by atoms with Crippen molar-refractivity contribution in [3.63, 3.8) is 0 Å². The average molecular weight is 381 g/mol. The predicted molar refractivity (Wildman–Crippen MR) is 117 cm³/mol. The molecular formula is C23H32N4O. The Hall–Kier alpha value is -2.53. The highest BCUT2D eigenvalue weighted by Gasteiger charge is 2.23. The van der Waals surface area contributed by atoms with Crippen LogP contribution in [0.3, 0.4) is 0 Å². The molecule has 0 bridgehead atoms. The summed E-state index contributed by atoms with van der Waals surface area (Å²) in [4.78, 5) is 7.23. The standard InChI is InChI=1S/C23H32N4O/c1-4-24-23(25-15-19-6-5-7-20(14-19)17-28-3)26-21-12-13-27(16-21)22-10-8-18(2)9-11-22/h5-11,14,21H,4,12-13,15-17H2,1-3H3,(H2,24,25,26). The predicted octanol–water partition coefficient (Wildman–Crippen LogP) is 3.48. The first-order chi connectivity index (χ1) is 13.7. The number of anilines is 1. The van der Waals surface area contributed by atoms with Crippen LogP contribution in [0.25, 0.3) is 0 Å². The number of nitrogens with zero attached hydrogens (tertiary/aromatic N) is 2. The maximum Gasteiger partial charge on any atom is 0.191 e. The van der Waals surface area contributed by atoms with Crippen molar-refractivity contribution in [2.24, 2.45) is 4.99 Å². The van der Waals surface area contributed by atoms with Gasteiger partial charge in [0.05, 0.1) is 13.2 Å². The number of rotatable bonds is 7. The molecule has 1 heterocycles. The minimum atomic E-state index is 0.402. The fraction of sp³-hybridized carbons (Fsp3) is 0.435. The van der Waals surface area contributed by atoms with E-state index in [1.165, 1.54) is 22.4 Å². The van der Waals surface area contributed by atoms with E-state index in [-0.39, 0.29) is 0 Å². The van der Waals surface area contributed by atoms with Crippen LogP contribution in [0.15, 0.2) is 53.5 Å². The molecule has 0 radical (unpaired) electrons. The van der Waals surface area contributed by atoms with Crippen molar-refractivity contribution < 1.29 is 4.74 Å². The lowest BCUT2D eigenvalue weighted by atomic mass is 10.1. The number of aliphatic imine (C=N–C) groups is 1. The van der Waals surface area contributed by atoms with Crippen molar-refractivity contribution >= 4 is 11.6 Å². The van der Waals surface area contributed by atoms with Crippen molar-refractivity contribution in [1.82, 2.24) is 10.6 Å². The van der Waals surface area contributed by atoms with Gasteiger partial charge in [-0.25, -0.2) is 4.99 Å². The number of benzene rings is 2. The molecule has 0 spiro atoms. The summed E-state index contributed by atoms with van der Waals surface area (Å²) in [6.45, 7) is 8.43. The van der Waals surface area contributed by atoms with Crippen LogP contribution in [-0.4, -0.2) is 38.7 Å². The van der Waals surface area contributed by atoms with Crippen LogP contribution in [0.2, 0.25) is 0 Å². The van der Waals surface area contributed by atoms with Crippen LogP contribution in [0.5, 0.6) is 0 Å². The topological polar surface area (TPSA) is 48.9 Å². The molecule has 5 nitrogen and oxygen atoms in total. The molecule has 0 amide bonds. The van der Waals surface area contributed by atoms with E-state index in [1.807, 2.05) is 0 Å². The highest BCUT2D eigenvalue weighted by Crippen LogP contribution is 2.20. The van der Waals surface area contributed by atoms with Crippen molar-refractivity contribution in [3.8, 4) is 0 Å². The zero-order valence-electron chi connectivity index (χ0n) is 17.2. The zero-order valence-corrected chi connectivity index (χ0v) is 17.2. The van der Waals surface area contributed by atoms with Crippen LogP contribution < -0.4 is 15.5 Å². The smallest absolute Gasteiger partial charge is 0.191 e. The van der Waals surface area contributed by atoms with E-state index in [1.54, 1.807) is 7.11 Å². The van der Waals surface area contributed by atoms with Crippen LogP contribution in [0.4, 0.5) is 5.69 Å². The van der Waals surface area contributed by atoms with Crippen molar-refractivity contribution in [1.29, 1.82) is 0 Å². The lowest BCUT2D eigenvalue weighted by Gasteiger charge is -2.20. The Morgan fingerprint density at radius 1 is 1.18 bits per heavy atom. The van der Waals surface area contributed by atoms with Crippen LogP contribution in [0.1, 0.15) is 30.0 Å². The van der Waals surface area contributed by atoms with Crippen molar-refractivity contribution in [2.75, 3.05) is 31.6 Å². The Bertz CT molecular complexity index is 772. The maximum absolute atomic E-state index is 5.22. The number of ether oxygens (including phenoxy) is 1.